The molecule has 0 saturated carbocycles. The second kappa shape index (κ2) is 37.2. The minimum atomic E-state index is -0.350. The standard InChI is InChI=1S/C96H80O8S12/c1-93(2,3)65-49-57-45-58(50-65)86(98)110-78-31-15-70(16-32-78)106-72-19-35-80(36-20-72)112-88(100)60-47-62(54-67(52-60)95(7,8)9)90(102)114-82-39-23-74(24-40-82)108-76-27-43-84(44-28-76)116-92(104)64-48-63(55-68(56-64)96(10,11)12)91(103)115-83-41-25-75(26-42-83)107-73-21-37-81(38-22-73)113-89(101)61-46-59(51-66(53-61)94(4,5)6)87(99)111-79-33-17-71(18-34-79)105-69-13-29-77(30-14-69)109-85(57)97/h13-56H,1-12H3. The van der Waals surface area contributed by atoms with Crippen LogP contribution < -0.4 is 0 Å². The van der Waals surface area contributed by atoms with Gasteiger partial charge >= 0.3 is 0 Å². The van der Waals surface area contributed by atoms with E-state index in [4.69, 9.17) is 0 Å². The quantitative estimate of drug-likeness (QED) is 0.142. The van der Waals surface area contributed by atoms with Crippen molar-refractivity contribution in [1.29, 1.82) is 0 Å². The number of hydrogen-bond donors (Lipinski definition) is 0. The minimum absolute atomic E-state index is 0.179. The summed E-state index contributed by atoms with van der Waals surface area (Å²) in [5.41, 5.74) is 5.59. The average molecular weight is 1750 g/mol. The predicted molar refractivity (Wildman–Crippen MR) is 490 cm³/mol. The van der Waals surface area contributed by atoms with E-state index in [1.54, 1.807) is 71.3 Å². The van der Waals surface area contributed by atoms with E-state index in [1.165, 1.54) is 0 Å². The molecular formula is C96H80O8S12. The fourth-order valence-electron chi connectivity index (χ4n) is 11.7. The summed E-state index contributed by atoms with van der Waals surface area (Å²) in [5, 5.41) is -1.43. The van der Waals surface area contributed by atoms with Crippen LogP contribution in [0.5, 0.6) is 0 Å². The lowest BCUT2D eigenvalue weighted by Crippen LogP contribution is -2.13. The third-order valence-electron chi connectivity index (χ3n) is 18.3. The van der Waals surface area contributed by atoms with Crippen LogP contribution in [0.2, 0.25) is 0 Å². The van der Waals surface area contributed by atoms with Crippen molar-refractivity contribution in [2.75, 3.05) is 0 Å². The summed E-state index contributed by atoms with van der Waals surface area (Å²) < 4.78 is 0. The zero-order chi connectivity index (χ0) is 82.4. The van der Waals surface area contributed by atoms with E-state index in [0.717, 1.165) is 195 Å². The summed E-state index contributed by atoms with van der Waals surface area (Å²) in [6, 6.07) is 84.1. The third-order valence-corrected chi connectivity index (χ3v) is 29.8. The minimum Gasteiger partial charge on any atom is -0.281 e. The maximum Gasteiger partial charge on any atom is 0.224 e. The van der Waals surface area contributed by atoms with E-state index in [2.05, 4.69) is 83.1 Å². The molecule has 24 bridgehead atoms. The van der Waals surface area contributed by atoms with Crippen molar-refractivity contribution in [3.63, 3.8) is 0 Å². The molecule has 584 valence electrons. The van der Waals surface area contributed by atoms with Crippen LogP contribution in [0.25, 0.3) is 0 Å². The number of carbonyl (C=O) groups excluding carboxylic acids is 8. The normalized spacial score (nSPS) is 14.4. The first-order valence-corrected chi connectivity index (χ1v) is 46.8. The van der Waals surface area contributed by atoms with Gasteiger partial charge in [0.2, 0.25) is 40.9 Å². The van der Waals surface area contributed by atoms with Gasteiger partial charge in [-0.05, 0) is 405 Å². The molecule has 0 amide bonds. The molecule has 0 radical (unpaired) electrons. The Kier molecular flexibility index (Phi) is 27.6. The van der Waals surface area contributed by atoms with Gasteiger partial charge in [0.15, 0.2) is 0 Å². The molecule has 0 aromatic heterocycles. The first-order valence-electron chi connectivity index (χ1n) is 37.0. The lowest BCUT2D eigenvalue weighted by molar-refractivity contribution is 0.107. The van der Waals surface area contributed by atoms with Crippen LogP contribution in [-0.4, -0.2) is 40.9 Å². The Morgan fingerprint density at radius 2 is 0.224 bits per heavy atom. The lowest BCUT2D eigenvalue weighted by atomic mass is 9.85. The Morgan fingerprint density at radius 1 is 0.138 bits per heavy atom. The molecule has 0 aliphatic carbocycles. The third kappa shape index (κ3) is 23.4. The van der Waals surface area contributed by atoms with Gasteiger partial charge < -0.3 is 0 Å². The second-order valence-electron chi connectivity index (χ2n) is 31.5. The van der Waals surface area contributed by atoms with Crippen LogP contribution in [0, 0.1) is 0 Å². The number of benzene rings is 12. The monoisotopic (exact) mass is 1740 g/mol. The highest BCUT2D eigenvalue weighted by atomic mass is 32.2. The summed E-state index contributed by atoms with van der Waals surface area (Å²) >= 11 is 15.1. The van der Waals surface area contributed by atoms with Crippen LogP contribution in [0.4, 0.5) is 0 Å². The van der Waals surface area contributed by atoms with Gasteiger partial charge in [-0.1, -0.05) is 130 Å². The number of hydrogen-bond acceptors (Lipinski definition) is 20. The van der Waals surface area contributed by atoms with Gasteiger partial charge in [0.25, 0.3) is 0 Å². The Balaban J connectivity index is 0.718. The Bertz CT molecular complexity index is 4720. The first-order chi connectivity index (χ1) is 55.1. The molecule has 8 nitrogen and oxygen atoms in total. The van der Waals surface area contributed by atoms with Gasteiger partial charge in [-0.2, -0.15) is 0 Å². The lowest BCUT2D eigenvalue weighted by Gasteiger charge is -2.21. The van der Waals surface area contributed by atoms with Crippen LogP contribution in [0.15, 0.2) is 345 Å². The highest BCUT2D eigenvalue weighted by Gasteiger charge is 2.28. The molecule has 12 aromatic carbocycles. The number of carbonyl (C=O) groups is 8. The van der Waals surface area contributed by atoms with Crippen LogP contribution >= 0.6 is 141 Å². The molecule has 0 fully saturated rings. The summed E-state index contributed by atoms with van der Waals surface area (Å²) in [6.45, 7) is 24.7. The van der Waals surface area contributed by atoms with Crippen molar-refractivity contribution < 1.29 is 38.4 Å². The first kappa shape index (κ1) is 86.1. The van der Waals surface area contributed by atoms with E-state index >= 15 is 0 Å². The van der Waals surface area contributed by atoms with E-state index in [9.17, 15) is 38.4 Å². The van der Waals surface area contributed by atoms with Crippen molar-refractivity contribution in [2.24, 2.45) is 0 Å². The molecule has 0 unspecified atom stereocenters. The van der Waals surface area contributed by atoms with Crippen molar-refractivity contribution in [2.45, 2.75) is 183 Å². The molecule has 20 heteroatoms. The molecule has 25 rings (SSSR count). The maximum atomic E-state index is 14.1. The van der Waals surface area contributed by atoms with Crippen molar-refractivity contribution in [3.8, 4) is 0 Å². The van der Waals surface area contributed by atoms with Gasteiger partial charge in [0.05, 0.1) is 0 Å². The smallest absolute Gasteiger partial charge is 0.224 e. The molecule has 13 aliphatic heterocycles. The summed E-state index contributed by atoms with van der Waals surface area (Å²) in [7, 11) is 0. The van der Waals surface area contributed by atoms with Crippen LogP contribution in [0.1, 0.15) is 188 Å². The van der Waals surface area contributed by atoms with Crippen molar-refractivity contribution >= 4 is 182 Å². The van der Waals surface area contributed by atoms with Crippen LogP contribution in [-0.2, 0) is 21.7 Å². The molecule has 116 heavy (non-hydrogen) atoms. The molecule has 0 N–H and O–H groups in total. The zero-order valence-corrected chi connectivity index (χ0v) is 75.4. The molecule has 12 aromatic rings. The van der Waals surface area contributed by atoms with E-state index in [-0.39, 0.29) is 62.6 Å². The summed E-state index contributed by atoms with van der Waals surface area (Å²) in [4.78, 5) is 127. The van der Waals surface area contributed by atoms with E-state index < -0.39 is 0 Å². The van der Waals surface area contributed by atoms with Gasteiger partial charge in [-0.3, -0.25) is 38.4 Å². The molecule has 0 saturated heterocycles. The fourth-order valence-corrected chi connectivity index (χ4v) is 20.7. The molecular weight excluding hydrogens is 1670 g/mol. The van der Waals surface area contributed by atoms with Gasteiger partial charge in [-0.25, -0.2) is 0 Å². The number of rotatable bonds is 0. The Morgan fingerprint density at radius 3 is 0.310 bits per heavy atom. The topological polar surface area (TPSA) is 137 Å². The Labute approximate surface area is 730 Å². The van der Waals surface area contributed by atoms with E-state index in [1.807, 2.05) is 243 Å². The summed E-state index contributed by atoms with van der Waals surface area (Å²) in [6.07, 6.45) is 0. The highest BCUT2D eigenvalue weighted by molar-refractivity contribution is 8.16. The largest absolute Gasteiger partial charge is 0.281 e. The number of thioether (sulfide) groups is 8. The molecule has 13 aliphatic rings. The zero-order valence-electron chi connectivity index (χ0n) is 65.6. The average Bonchev–Trinajstić information content (AvgIpc) is 0.816. The molecule has 0 spiro atoms. The van der Waals surface area contributed by atoms with Gasteiger partial charge in [0.1, 0.15) is 0 Å². The van der Waals surface area contributed by atoms with Gasteiger partial charge in [-0.15, -0.1) is 0 Å². The van der Waals surface area contributed by atoms with E-state index in [0.29, 0.717) is 44.5 Å². The Hall–Kier alpha value is -7.80. The molecule has 0 atom stereocenters. The van der Waals surface area contributed by atoms with Gasteiger partial charge in [0, 0.05) is 123 Å². The SMILES string of the molecule is CC(C)(C)c1cc2cc(c1)C(=O)Sc1ccc(cc1)Sc1ccc(cc1)SC(=O)c1cc(cc(C(C)(C)C)c1)C(=O)Sc1ccc(cc1)Sc1ccc(cc1)SC(=O)c1cc(cc(C(C)(C)C)c1)C(=O)Sc1ccc(cc1)Sc1ccc(cc1)SC(=O)c1cc(cc(C(C)(C)C)c1)C(=O)Sc1ccc(cc1)Sc1ccc(cc1)SC2=O. The molecule has 13 heterocycles. The fraction of sp³-hybridized carbons (Fsp3) is 0.167. The van der Waals surface area contributed by atoms with Crippen molar-refractivity contribution in [1.82, 2.24) is 0 Å². The summed E-state index contributed by atoms with van der Waals surface area (Å²) in [5.74, 6) is 0. The highest BCUT2D eigenvalue weighted by Crippen LogP contribution is 2.42. The second-order valence-corrected chi connectivity index (χ2v) is 44.5. The maximum absolute atomic E-state index is 14.1. The van der Waals surface area contributed by atoms with Crippen molar-refractivity contribution in [3.05, 3.63) is 334 Å². The van der Waals surface area contributed by atoms with Crippen LogP contribution in [0.3, 0.4) is 0 Å². The predicted octanol–water partition coefficient (Wildman–Crippen LogP) is 29.3.